The third-order valence-electron chi connectivity index (χ3n) is 5.15. The maximum atomic E-state index is 13.0. The van der Waals surface area contributed by atoms with E-state index in [0.29, 0.717) is 17.0 Å². The summed E-state index contributed by atoms with van der Waals surface area (Å²) in [6.45, 7) is 5.38. The lowest BCUT2D eigenvalue weighted by Gasteiger charge is -2.38. The first kappa shape index (κ1) is 18.9. The molecule has 146 valence electrons. The summed E-state index contributed by atoms with van der Waals surface area (Å²) >= 11 is 0. The molecule has 29 heavy (non-hydrogen) atoms. The summed E-state index contributed by atoms with van der Waals surface area (Å²) in [7, 11) is 0. The second-order valence-electron chi connectivity index (χ2n) is 7.84. The van der Waals surface area contributed by atoms with Crippen LogP contribution in [0.3, 0.4) is 0 Å². The highest BCUT2D eigenvalue weighted by Crippen LogP contribution is 2.38. The van der Waals surface area contributed by atoms with Crippen LogP contribution >= 0.6 is 0 Å². The molecule has 0 saturated heterocycles. The molecule has 0 bridgehead atoms. The number of anilines is 1. The standard InChI is InChI=1S/C25H23NO3/c1-17-9-14-23-21(15-17)26(24(28)25(2,3)29-23)16-22(27)20-12-10-19(11-13-20)18-7-5-4-6-8-18/h4-15H,16H2,1-3H3. The smallest absolute Gasteiger partial charge is 0.271 e. The minimum absolute atomic E-state index is 0.0211. The Morgan fingerprint density at radius 1 is 0.931 bits per heavy atom. The Morgan fingerprint density at radius 3 is 2.28 bits per heavy atom. The molecule has 1 amide bonds. The Balaban J connectivity index is 1.61. The number of hydrogen-bond donors (Lipinski definition) is 0. The Kier molecular flexibility index (Phi) is 4.71. The number of carbonyl (C=O) groups is 2. The fraction of sp³-hybridized carbons (Fsp3) is 0.200. The van der Waals surface area contributed by atoms with E-state index in [4.69, 9.17) is 4.74 Å². The Morgan fingerprint density at radius 2 is 1.59 bits per heavy atom. The van der Waals surface area contributed by atoms with E-state index in [0.717, 1.165) is 16.7 Å². The number of carbonyl (C=O) groups excluding carboxylic acids is 2. The van der Waals surface area contributed by atoms with Crippen molar-refractivity contribution in [3.05, 3.63) is 83.9 Å². The molecule has 3 aromatic rings. The van der Waals surface area contributed by atoms with Gasteiger partial charge in [0.05, 0.1) is 12.2 Å². The molecule has 0 aromatic heterocycles. The summed E-state index contributed by atoms with van der Waals surface area (Å²) in [4.78, 5) is 27.5. The number of ether oxygens (including phenoxy) is 1. The topological polar surface area (TPSA) is 46.6 Å². The van der Waals surface area contributed by atoms with Gasteiger partial charge in [-0.15, -0.1) is 0 Å². The van der Waals surface area contributed by atoms with E-state index in [9.17, 15) is 9.59 Å². The second-order valence-corrected chi connectivity index (χ2v) is 7.84. The van der Waals surface area contributed by atoms with Crippen molar-refractivity contribution in [2.24, 2.45) is 0 Å². The van der Waals surface area contributed by atoms with Gasteiger partial charge in [0, 0.05) is 5.56 Å². The molecule has 0 unspecified atom stereocenters. The van der Waals surface area contributed by atoms with Gasteiger partial charge in [-0.05, 0) is 49.6 Å². The van der Waals surface area contributed by atoms with E-state index in [2.05, 4.69) is 0 Å². The molecule has 0 radical (unpaired) electrons. The molecule has 0 spiro atoms. The van der Waals surface area contributed by atoms with Crippen LogP contribution in [-0.2, 0) is 4.79 Å². The Labute approximate surface area is 170 Å². The highest BCUT2D eigenvalue weighted by Gasteiger charge is 2.41. The lowest BCUT2D eigenvalue weighted by Crippen LogP contribution is -2.53. The molecule has 4 heteroatoms. The molecule has 3 aromatic carbocycles. The summed E-state index contributed by atoms with van der Waals surface area (Å²) in [5.41, 5.74) is 3.36. The third-order valence-corrected chi connectivity index (χ3v) is 5.15. The van der Waals surface area contributed by atoms with Gasteiger partial charge in [-0.25, -0.2) is 0 Å². The SMILES string of the molecule is Cc1ccc2c(c1)N(CC(=O)c1ccc(-c3ccccc3)cc1)C(=O)C(C)(C)O2. The minimum Gasteiger partial charge on any atom is -0.476 e. The molecule has 1 aliphatic rings. The molecular formula is C25H23NO3. The van der Waals surface area contributed by atoms with Gasteiger partial charge in [0.25, 0.3) is 5.91 Å². The van der Waals surface area contributed by atoms with E-state index in [-0.39, 0.29) is 18.2 Å². The molecular weight excluding hydrogens is 362 g/mol. The number of nitrogens with zero attached hydrogens (tertiary/aromatic N) is 1. The molecule has 0 N–H and O–H groups in total. The summed E-state index contributed by atoms with van der Waals surface area (Å²) in [5.74, 6) is 0.292. The van der Waals surface area contributed by atoms with Crippen molar-refractivity contribution in [3.8, 4) is 16.9 Å². The van der Waals surface area contributed by atoms with E-state index in [1.807, 2.05) is 79.7 Å². The number of rotatable bonds is 4. The molecule has 0 fully saturated rings. The highest BCUT2D eigenvalue weighted by molar-refractivity contribution is 6.09. The zero-order chi connectivity index (χ0) is 20.6. The van der Waals surface area contributed by atoms with E-state index in [1.165, 1.54) is 0 Å². The lowest BCUT2D eigenvalue weighted by atomic mass is 10.00. The molecule has 0 saturated carbocycles. The first-order chi connectivity index (χ1) is 13.8. The summed E-state index contributed by atoms with van der Waals surface area (Å²) < 4.78 is 5.87. The number of Topliss-reactive ketones (excluding diaryl/α,β-unsaturated/α-hetero) is 1. The van der Waals surface area contributed by atoms with Gasteiger partial charge in [0.1, 0.15) is 5.75 Å². The van der Waals surface area contributed by atoms with E-state index >= 15 is 0 Å². The number of ketones is 1. The van der Waals surface area contributed by atoms with Crippen molar-refractivity contribution >= 4 is 17.4 Å². The predicted molar refractivity (Wildman–Crippen MR) is 114 cm³/mol. The number of amides is 1. The van der Waals surface area contributed by atoms with Gasteiger partial charge in [0.15, 0.2) is 11.4 Å². The number of hydrogen-bond acceptors (Lipinski definition) is 3. The largest absolute Gasteiger partial charge is 0.476 e. The van der Waals surface area contributed by atoms with Crippen LogP contribution in [0.25, 0.3) is 11.1 Å². The molecule has 4 rings (SSSR count). The minimum atomic E-state index is -1.01. The average Bonchev–Trinajstić information content (AvgIpc) is 2.72. The quantitative estimate of drug-likeness (QED) is 0.591. The van der Waals surface area contributed by atoms with Crippen molar-refractivity contribution < 1.29 is 14.3 Å². The van der Waals surface area contributed by atoms with Crippen molar-refractivity contribution in [2.45, 2.75) is 26.4 Å². The predicted octanol–water partition coefficient (Wildman–Crippen LogP) is 5.05. The molecule has 1 aliphatic heterocycles. The molecule has 4 nitrogen and oxygen atoms in total. The fourth-order valence-electron chi connectivity index (χ4n) is 3.55. The fourth-order valence-corrected chi connectivity index (χ4v) is 3.55. The average molecular weight is 385 g/mol. The van der Waals surface area contributed by atoms with Gasteiger partial charge in [-0.3, -0.25) is 14.5 Å². The maximum Gasteiger partial charge on any atom is 0.271 e. The molecule has 1 heterocycles. The van der Waals surface area contributed by atoms with Gasteiger partial charge in [0.2, 0.25) is 0 Å². The zero-order valence-electron chi connectivity index (χ0n) is 16.8. The van der Waals surface area contributed by atoms with Crippen LogP contribution in [0.5, 0.6) is 5.75 Å². The molecule has 0 atom stereocenters. The Hall–Kier alpha value is -3.40. The van der Waals surface area contributed by atoms with Crippen LogP contribution in [0.4, 0.5) is 5.69 Å². The normalized spacial score (nSPS) is 14.9. The zero-order valence-corrected chi connectivity index (χ0v) is 16.8. The first-order valence-corrected chi connectivity index (χ1v) is 9.65. The summed E-state index contributed by atoms with van der Waals surface area (Å²) in [5, 5.41) is 0. The van der Waals surface area contributed by atoms with Crippen molar-refractivity contribution in [3.63, 3.8) is 0 Å². The van der Waals surface area contributed by atoms with Crippen LogP contribution in [0.15, 0.2) is 72.8 Å². The molecule has 0 aliphatic carbocycles. The van der Waals surface area contributed by atoms with Crippen molar-refractivity contribution in [2.75, 3.05) is 11.4 Å². The van der Waals surface area contributed by atoms with Gasteiger partial charge < -0.3 is 4.74 Å². The third kappa shape index (κ3) is 3.66. The van der Waals surface area contributed by atoms with Gasteiger partial charge >= 0.3 is 0 Å². The van der Waals surface area contributed by atoms with Crippen LogP contribution in [-0.4, -0.2) is 23.8 Å². The van der Waals surface area contributed by atoms with E-state index < -0.39 is 5.60 Å². The summed E-state index contributed by atoms with van der Waals surface area (Å²) in [6, 6.07) is 23.2. The van der Waals surface area contributed by atoms with Crippen LogP contribution in [0, 0.1) is 6.92 Å². The Bertz CT molecular complexity index is 1070. The van der Waals surface area contributed by atoms with Crippen LogP contribution < -0.4 is 9.64 Å². The number of aryl methyl sites for hydroxylation is 1. The van der Waals surface area contributed by atoms with E-state index in [1.54, 1.807) is 18.7 Å². The lowest BCUT2D eigenvalue weighted by molar-refractivity contribution is -0.132. The first-order valence-electron chi connectivity index (χ1n) is 9.65. The maximum absolute atomic E-state index is 13.0. The van der Waals surface area contributed by atoms with Gasteiger partial charge in [-0.2, -0.15) is 0 Å². The highest BCUT2D eigenvalue weighted by atomic mass is 16.5. The summed E-state index contributed by atoms with van der Waals surface area (Å²) in [6.07, 6.45) is 0. The number of fused-ring (bicyclic) bond motifs is 1. The van der Waals surface area contributed by atoms with Crippen LogP contribution in [0.1, 0.15) is 29.8 Å². The van der Waals surface area contributed by atoms with Crippen molar-refractivity contribution in [1.82, 2.24) is 0 Å². The van der Waals surface area contributed by atoms with Crippen LogP contribution in [0.2, 0.25) is 0 Å². The monoisotopic (exact) mass is 385 g/mol. The second kappa shape index (κ2) is 7.21. The van der Waals surface area contributed by atoms with Crippen molar-refractivity contribution in [1.29, 1.82) is 0 Å². The van der Waals surface area contributed by atoms with Gasteiger partial charge in [-0.1, -0.05) is 60.7 Å². The number of benzene rings is 3.